The van der Waals surface area contributed by atoms with Crippen LogP contribution < -0.4 is 5.73 Å². The number of sulfone groups is 1. The molecule has 2 N–H and O–H groups in total. The van der Waals surface area contributed by atoms with Gasteiger partial charge in [-0.05, 0) is 25.0 Å². The van der Waals surface area contributed by atoms with Crippen LogP contribution in [-0.2, 0) is 16.3 Å². The second-order valence-corrected chi connectivity index (χ2v) is 7.54. The summed E-state index contributed by atoms with van der Waals surface area (Å²) < 4.78 is 25.0. The Bertz CT molecular complexity index is 753. The number of nitrogen functional groups attached to an aromatic ring is 1. The largest absolute Gasteiger partial charge is 0.384 e. The minimum Gasteiger partial charge on any atom is -0.384 e. The predicted molar refractivity (Wildman–Crippen MR) is 81.6 cm³/mol. The molecule has 0 saturated carbocycles. The second-order valence-electron chi connectivity index (χ2n) is 5.31. The molecule has 2 aromatic heterocycles. The average Bonchev–Trinajstić information content (AvgIpc) is 2.99. The van der Waals surface area contributed by atoms with Crippen molar-refractivity contribution in [2.45, 2.75) is 25.8 Å². The molecule has 0 aromatic carbocycles. The van der Waals surface area contributed by atoms with Gasteiger partial charge in [0.2, 0.25) is 0 Å². The fraction of sp³-hybridized carbons (Fsp3) is 0.429. The summed E-state index contributed by atoms with van der Waals surface area (Å²) in [6.07, 6.45) is 4.77. The Kier molecular flexibility index (Phi) is 3.44. The van der Waals surface area contributed by atoms with Crippen LogP contribution in [0.1, 0.15) is 24.9 Å². The van der Waals surface area contributed by atoms with Crippen molar-refractivity contribution < 1.29 is 8.42 Å². The number of anilines is 1. The highest BCUT2D eigenvalue weighted by molar-refractivity contribution is 7.91. The highest BCUT2D eigenvalue weighted by atomic mass is 32.2. The van der Waals surface area contributed by atoms with Gasteiger partial charge in [-0.25, -0.2) is 13.1 Å². The molecule has 21 heavy (non-hydrogen) atoms. The number of hydrogen-bond donors (Lipinski definition) is 1. The lowest BCUT2D eigenvalue weighted by molar-refractivity contribution is 0.508. The first-order chi connectivity index (χ1) is 10.0. The summed E-state index contributed by atoms with van der Waals surface area (Å²) in [4.78, 5) is 4.11. The minimum atomic E-state index is -2.96. The molecule has 0 aliphatic carbocycles. The molecule has 6 nitrogen and oxygen atoms in total. The first-order valence-corrected chi connectivity index (χ1v) is 8.81. The van der Waals surface area contributed by atoms with Gasteiger partial charge < -0.3 is 5.73 Å². The summed E-state index contributed by atoms with van der Waals surface area (Å²) in [5, 5.41) is 4.59. The molecule has 7 heteroatoms. The molecular formula is C14H18N4O2S. The van der Waals surface area contributed by atoms with Gasteiger partial charge in [-0.15, -0.1) is 0 Å². The maximum atomic E-state index is 11.7. The fourth-order valence-corrected chi connectivity index (χ4v) is 4.50. The molecule has 1 atom stereocenters. The van der Waals surface area contributed by atoms with Crippen molar-refractivity contribution in [1.82, 2.24) is 14.8 Å². The molecule has 112 valence electrons. The average molecular weight is 306 g/mol. The molecule has 0 bridgehead atoms. The molecule has 1 saturated heterocycles. The van der Waals surface area contributed by atoms with Gasteiger partial charge >= 0.3 is 0 Å². The van der Waals surface area contributed by atoms with Crippen LogP contribution in [0.15, 0.2) is 24.5 Å². The van der Waals surface area contributed by atoms with Crippen LogP contribution in [0.2, 0.25) is 0 Å². The minimum absolute atomic E-state index is 0.120. The molecule has 3 heterocycles. The van der Waals surface area contributed by atoms with E-state index >= 15 is 0 Å². The highest BCUT2D eigenvalue weighted by Crippen LogP contribution is 2.32. The smallest absolute Gasteiger partial charge is 0.152 e. The standard InChI is InChI=1S/C14H18N4O2S/c1-2-12-13(10-4-3-6-16-8-10)17-18(14(12)15)11-5-7-21(19,20)9-11/h3-4,6,8,11H,2,5,7,9,15H2,1H3. The molecule has 1 aliphatic heterocycles. The van der Waals surface area contributed by atoms with Gasteiger partial charge in [-0.3, -0.25) is 4.98 Å². The number of nitrogens with zero attached hydrogens (tertiary/aromatic N) is 3. The summed E-state index contributed by atoms with van der Waals surface area (Å²) in [5.74, 6) is 0.897. The van der Waals surface area contributed by atoms with E-state index in [1.807, 2.05) is 19.1 Å². The van der Waals surface area contributed by atoms with Crippen molar-refractivity contribution in [2.24, 2.45) is 0 Å². The molecule has 2 aromatic rings. The maximum Gasteiger partial charge on any atom is 0.152 e. The van der Waals surface area contributed by atoms with Gasteiger partial charge in [0.1, 0.15) is 5.82 Å². The zero-order chi connectivity index (χ0) is 15.0. The van der Waals surface area contributed by atoms with Gasteiger partial charge in [-0.1, -0.05) is 6.92 Å². The number of aromatic nitrogens is 3. The third-order valence-corrected chi connectivity index (χ3v) is 5.64. The summed E-state index contributed by atoms with van der Waals surface area (Å²) in [6.45, 7) is 2.02. The van der Waals surface area contributed by atoms with E-state index in [4.69, 9.17) is 5.73 Å². The lowest BCUT2D eigenvalue weighted by Gasteiger charge is -2.10. The topological polar surface area (TPSA) is 90.9 Å². The summed E-state index contributed by atoms with van der Waals surface area (Å²) in [6, 6.07) is 3.62. The summed E-state index contributed by atoms with van der Waals surface area (Å²) in [5.41, 5.74) is 8.86. The van der Waals surface area contributed by atoms with Crippen molar-refractivity contribution in [2.75, 3.05) is 17.2 Å². The third-order valence-electron chi connectivity index (χ3n) is 3.89. The van der Waals surface area contributed by atoms with Gasteiger partial charge in [-0.2, -0.15) is 5.10 Å². The van der Waals surface area contributed by atoms with Crippen LogP contribution in [-0.4, -0.2) is 34.7 Å². The van der Waals surface area contributed by atoms with Gasteiger partial charge in [0, 0.05) is 23.5 Å². The first-order valence-electron chi connectivity index (χ1n) is 6.99. The Morgan fingerprint density at radius 1 is 1.48 bits per heavy atom. The molecule has 0 radical (unpaired) electrons. The lowest BCUT2D eigenvalue weighted by atomic mass is 10.1. The summed E-state index contributed by atoms with van der Waals surface area (Å²) in [7, 11) is -2.96. The number of nitrogens with two attached hydrogens (primary N) is 1. The van der Waals surface area contributed by atoms with Crippen molar-refractivity contribution >= 4 is 15.7 Å². The van der Waals surface area contributed by atoms with E-state index in [9.17, 15) is 8.42 Å². The Hall–Kier alpha value is -1.89. The number of hydrogen-bond acceptors (Lipinski definition) is 5. The fourth-order valence-electron chi connectivity index (χ4n) is 2.81. The highest BCUT2D eigenvalue weighted by Gasteiger charge is 2.32. The predicted octanol–water partition coefficient (Wildman–Crippen LogP) is 1.45. The second kappa shape index (κ2) is 5.14. The van der Waals surface area contributed by atoms with E-state index in [-0.39, 0.29) is 17.5 Å². The van der Waals surface area contributed by atoms with E-state index in [0.717, 1.165) is 23.2 Å². The Morgan fingerprint density at radius 3 is 2.86 bits per heavy atom. The third kappa shape index (κ3) is 2.53. The van der Waals surface area contributed by atoms with E-state index < -0.39 is 9.84 Å². The van der Waals surface area contributed by atoms with Gasteiger partial charge in [0.05, 0.1) is 23.2 Å². The zero-order valence-corrected chi connectivity index (χ0v) is 12.7. The molecular weight excluding hydrogens is 288 g/mol. The van der Waals surface area contributed by atoms with Crippen LogP contribution in [0.5, 0.6) is 0 Å². The van der Waals surface area contributed by atoms with Crippen molar-refractivity contribution in [3.63, 3.8) is 0 Å². The van der Waals surface area contributed by atoms with Gasteiger partial charge in [0.25, 0.3) is 0 Å². The van der Waals surface area contributed by atoms with E-state index in [0.29, 0.717) is 12.2 Å². The van der Waals surface area contributed by atoms with Crippen LogP contribution in [0.4, 0.5) is 5.82 Å². The van der Waals surface area contributed by atoms with Crippen LogP contribution in [0, 0.1) is 0 Å². The quantitative estimate of drug-likeness (QED) is 0.926. The maximum absolute atomic E-state index is 11.7. The Morgan fingerprint density at radius 2 is 2.29 bits per heavy atom. The van der Waals surface area contributed by atoms with E-state index in [2.05, 4.69) is 10.1 Å². The zero-order valence-electron chi connectivity index (χ0n) is 11.9. The normalized spacial score (nSPS) is 20.7. The first kappa shape index (κ1) is 14.1. The van der Waals surface area contributed by atoms with Crippen molar-refractivity contribution in [3.05, 3.63) is 30.1 Å². The summed E-state index contributed by atoms with van der Waals surface area (Å²) >= 11 is 0. The van der Waals surface area contributed by atoms with Crippen LogP contribution in [0.25, 0.3) is 11.3 Å². The Balaban J connectivity index is 2.06. The Labute approximate surface area is 123 Å². The molecule has 1 fully saturated rings. The monoisotopic (exact) mass is 306 g/mol. The van der Waals surface area contributed by atoms with Gasteiger partial charge in [0.15, 0.2) is 9.84 Å². The molecule has 1 unspecified atom stereocenters. The van der Waals surface area contributed by atoms with Crippen LogP contribution in [0.3, 0.4) is 0 Å². The number of pyridine rings is 1. The SMILES string of the molecule is CCc1c(-c2cccnc2)nn(C2CCS(=O)(=O)C2)c1N. The van der Waals surface area contributed by atoms with E-state index in [1.54, 1.807) is 17.1 Å². The molecule has 0 amide bonds. The van der Waals surface area contributed by atoms with Crippen molar-refractivity contribution in [3.8, 4) is 11.3 Å². The lowest BCUT2D eigenvalue weighted by Crippen LogP contribution is -2.15. The molecule has 0 spiro atoms. The van der Waals surface area contributed by atoms with E-state index in [1.165, 1.54) is 0 Å². The molecule has 3 rings (SSSR count). The number of rotatable bonds is 3. The van der Waals surface area contributed by atoms with Crippen molar-refractivity contribution in [1.29, 1.82) is 0 Å². The molecule has 1 aliphatic rings. The van der Waals surface area contributed by atoms with Crippen LogP contribution >= 0.6 is 0 Å².